The van der Waals surface area contributed by atoms with Crippen molar-refractivity contribution in [2.45, 2.75) is 12.6 Å². The molecule has 0 bridgehead atoms. The van der Waals surface area contributed by atoms with Crippen LogP contribution in [0.3, 0.4) is 0 Å². The standard InChI is InChI=1S/C17H16BrNO4/c18-13-5-11(6-16-17(13)22-10-21-16)7-19-8-12-9-20-14-3-1-2-4-15(14)23-12/h1-6,12,19H,7-10H2/t12-/m0/s1. The maximum absolute atomic E-state index is 5.93. The van der Waals surface area contributed by atoms with Gasteiger partial charge in [0.25, 0.3) is 0 Å². The number of rotatable bonds is 4. The second kappa shape index (κ2) is 6.29. The van der Waals surface area contributed by atoms with E-state index < -0.39 is 0 Å². The van der Waals surface area contributed by atoms with E-state index in [2.05, 4.69) is 21.2 Å². The van der Waals surface area contributed by atoms with Gasteiger partial charge in [-0.2, -0.15) is 0 Å². The molecule has 2 aliphatic rings. The summed E-state index contributed by atoms with van der Waals surface area (Å²) in [5.41, 5.74) is 1.12. The summed E-state index contributed by atoms with van der Waals surface area (Å²) >= 11 is 3.51. The monoisotopic (exact) mass is 377 g/mol. The van der Waals surface area contributed by atoms with Crippen molar-refractivity contribution < 1.29 is 18.9 Å². The van der Waals surface area contributed by atoms with Crippen LogP contribution in [0, 0.1) is 0 Å². The molecule has 2 aromatic carbocycles. The molecule has 1 N–H and O–H groups in total. The Balaban J connectivity index is 1.34. The Labute approximate surface area is 142 Å². The number of benzene rings is 2. The first kappa shape index (κ1) is 14.7. The molecule has 120 valence electrons. The van der Waals surface area contributed by atoms with E-state index >= 15 is 0 Å². The quantitative estimate of drug-likeness (QED) is 0.886. The largest absolute Gasteiger partial charge is 0.486 e. The molecule has 0 spiro atoms. The van der Waals surface area contributed by atoms with E-state index in [0.717, 1.165) is 39.6 Å². The highest BCUT2D eigenvalue weighted by atomic mass is 79.9. The van der Waals surface area contributed by atoms with E-state index in [1.165, 1.54) is 0 Å². The van der Waals surface area contributed by atoms with Crippen molar-refractivity contribution in [1.82, 2.24) is 5.32 Å². The lowest BCUT2D eigenvalue weighted by Gasteiger charge is -2.26. The Hall–Kier alpha value is -1.92. The van der Waals surface area contributed by atoms with Gasteiger partial charge in [0.1, 0.15) is 12.7 Å². The lowest BCUT2D eigenvalue weighted by Crippen LogP contribution is -2.38. The van der Waals surface area contributed by atoms with Crippen molar-refractivity contribution in [3.8, 4) is 23.0 Å². The Bertz CT molecular complexity index is 722. The minimum absolute atomic E-state index is 0.00218. The van der Waals surface area contributed by atoms with Crippen LogP contribution >= 0.6 is 15.9 Å². The number of halogens is 1. The second-order valence-electron chi connectivity index (χ2n) is 5.44. The van der Waals surface area contributed by atoms with Crippen LogP contribution in [-0.2, 0) is 6.54 Å². The van der Waals surface area contributed by atoms with E-state index in [1.807, 2.05) is 36.4 Å². The third kappa shape index (κ3) is 3.09. The molecule has 6 heteroatoms. The van der Waals surface area contributed by atoms with E-state index in [9.17, 15) is 0 Å². The molecule has 0 fully saturated rings. The fourth-order valence-electron chi connectivity index (χ4n) is 2.66. The van der Waals surface area contributed by atoms with Crippen molar-refractivity contribution in [3.05, 3.63) is 46.4 Å². The van der Waals surface area contributed by atoms with Crippen LogP contribution in [0.2, 0.25) is 0 Å². The molecule has 2 aliphatic heterocycles. The van der Waals surface area contributed by atoms with Gasteiger partial charge in [-0.25, -0.2) is 0 Å². The molecule has 0 aliphatic carbocycles. The lowest BCUT2D eigenvalue weighted by atomic mass is 10.2. The molecule has 2 aromatic rings. The van der Waals surface area contributed by atoms with Gasteiger partial charge in [0.05, 0.1) is 4.47 Å². The highest BCUT2D eigenvalue weighted by Gasteiger charge is 2.21. The molecule has 1 atom stereocenters. The first-order chi connectivity index (χ1) is 11.3. The zero-order valence-corrected chi connectivity index (χ0v) is 14.0. The molecule has 5 nitrogen and oxygen atoms in total. The molecular formula is C17H16BrNO4. The van der Waals surface area contributed by atoms with Gasteiger partial charge in [-0.05, 0) is 45.8 Å². The fourth-order valence-corrected chi connectivity index (χ4v) is 3.27. The highest BCUT2D eigenvalue weighted by Crippen LogP contribution is 2.40. The van der Waals surface area contributed by atoms with Crippen LogP contribution in [0.4, 0.5) is 0 Å². The zero-order valence-electron chi connectivity index (χ0n) is 12.4. The normalized spacial score (nSPS) is 18.0. The lowest BCUT2D eigenvalue weighted by molar-refractivity contribution is 0.0902. The van der Waals surface area contributed by atoms with Gasteiger partial charge in [-0.1, -0.05) is 12.1 Å². The number of ether oxygens (including phenoxy) is 4. The number of nitrogens with one attached hydrogen (secondary N) is 1. The van der Waals surface area contributed by atoms with Gasteiger partial charge in [-0.15, -0.1) is 0 Å². The van der Waals surface area contributed by atoms with Crippen molar-refractivity contribution in [2.75, 3.05) is 19.9 Å². The minimum Gasteiger partial charge on any atom is -0.486 e. The average molecular weight is 378 g/mol. The van der Waals surface area contributed by atoms with Crippen molar-refractivity contribution in [1.29, 1.82) is 0 Å². The first-order valence-electron chi connectivity index (χ1n) is 7.47. The zero-order chi connectivity index (χ0) is 15.6. The van der Waals surface area contributed by atoms with Crippen LogP contribution in [0.15, 0.2) is 40.9 Å². The fraction of sp³-hybridized carbons (Fsp3) is 0.294. The third-order valence-corrected chi connectivity index (χ3v) is 4.34. The van der Waals surface area contributed by atoms with Crippen LogP contribution < -0.4 is 24.3 Å². The third-order valence-electron chi connectivity index (χ3n) is 3.76. The van der Waals surface area contributed by atoms with Crippen LogP contribution in [0.1, 0.15) is 5.56 Å². The molecule has 0 unspecified atom stereocenters. The van der Waals surface area contributed by atoms with Crippen molar-refractivity contribution in [3.63, 3.8) is 0 Å². The Morgan fingerprint density at radius 2 is 1.91 bits per heavy atom. The van der Waals surface area contributed by atoms with Gasteiger partial charge in [-0.3, -0.25) is 0 Å². The molecule has 0 amide bonds. The predicted molar refractivity (Wildman–Crippen MR) is 88.3 cm³/mol. The maximum atomic E-state index is 5.93. The maximum Gasteiger partial charge on any atom is 0.231 e. The summed E-state index contributed by atoms with van der Waals surface area (Å²) in [5, 5.41) is 3.40. The van der Waals surface area contributed by atoms with Crippen LogP contribution in [0.25, 0.3) is 0 Å². The van der Waals surface area contributed by atoms with Gasteiger partial charge in [0.15, 0.2) is 23.0 Å². The minimum atomic E-state index is 0.00218. The van der Waals surface area contributed by atoms with Crippen LogP contribution in [0.5, 0.6) is 23.0 Å². The molecule has 4 rings (SSSR count). The number of para-hydroxylation sites is 2. The van der Waals surface area contributed by atoms with Crippen LogP contribution in [-0.4, -0.2) is 26.0 Å². The molecule has 0 saturated heterocycles. The molecule has 23 heavy (non-hydrogen) atoms. The second-order valence-corrected chi connectivity index (χ2v) is 6.29. The topological polar surface area (TPSA) is 49.0 Å². The van der Waals surface area contributed by atoms with Gasteiger partial charge >= 0.3 is 0 Å². The highest BCUT2D eigenvalue weighted by molar-refractivity contribution is 9.10. The summed E-state index contributed by atoms with van der Waals surface area (Å²) in [4.78, 5) is 0. The SMILES string of the molecule is Brc1cc(CNC[C@H]2COc3ccccc3O2)cc2c1OCO2. The molecule has 2 heterocycles. The van der Waals surface area contributed by atoms with E-state index in [4.69, 9.17) is 18.9 Å². The summed E-state index contributed by atoms with van der Waals surface area (Å²) in [5.74, 6) is 3.16. The number of fused-ring (bicyclic) bond motifs is 2. The average Bonchev–Trinajstić information content (AvgIpc) is 3.04. The summed E-state index contributed by atoms with van der Waals surface area (Å²) < 4.78 is 23.4. The first-order valence-corrected chi connectivity index (χ1v) is 8.26. The van der Waals surface area contributed by atoms with Gasteiger partial charge < -0.3 is 24.3 Å². The van der Waals surface area contributed by atoms with Crippen molar-refractivity contribution >= 4 is 15.9 Å². The Morgan fingerprint density at radius 1 is 1.04 bits per heavy atom. The summed E-state index contributed by atoms with van der Waals surface area (Å²) in [6.45, 7) is 2.25. The summed E-state index contributed by atoms with van der Waals surface area (Å²) in [6, 6.07) is 11.8. The summed E-state index contributed by atoms with van der Waals surface area (Å²) in [7, 11) is 0. The smallest absolute Gasteiger partial charge is 0.231 e. The predicted octanol–water partition coefficient (Wildman–Crippen LogP) is 3.11. The molecule has 0 saturated carbocycles. The van der Waals surface area contributed by atoms with Crippen molar-refractivity contribution in [2.24, 2.45) is 0 Å². The molecule has 0 aromatic heterocycles. The number of hydrogen-bond donors (Lipinski definition) is 1. The number of hydrogen-bond acceptors (Lipinski definition) is 5. The molecular weight excluding hydrogens is 362 g/mol. The Morgan fingerprint density at radius 3 is 2.83 bits per heavy atom. The van der Waals surface area contributed by atoms with E-state index in [-0.39, 0.29) is 12.9 Å². The van der Waals surface area contributed by atoms with E-state index in [1.54, 1.807) is 0 Å². The van der Waals surface area contributed by atoms with Gasteiger partial charge in [0.2, 0.25) is 6.79 Å². The Kier molecular flexibility index (Phi) is 4.01. The van der Waals surface area contributed by atoms with E-state index in [0.29, 0.717) is 13.2 Å². The molecule has 0 radical (unpaired) electrons. The summed E-state index contributed by atoms with van der Waals surface area (Å²) in [6.07, 6.45) is 0.00218. The van der Waals surface area contributed by atoms with Gasteiger partial charge in [0, 0.05) is 13.1 Å².